The molecular weight excluding hydrogens is 198 g/mol. The Bertz CT molecular complexity index is 409. The summed E-state index contributed by atoms with van der Waals surface area (Å²) in [5.74, 6) is 3.94. The Kier molecular flexibility index (Phi) is 2.07. The van der Waals surface area contributed by atoms with E-state index in [2.05, 4.69) is 18.9 Å². The predicted molar refractivity (Wildman–Crippen MR) is 65.3 cm³/mol. The van der Waals surface area contributed by atoms with Gasteiger partial charge in [-0.1, -0.05) is 20.3 Å². The molecule has 2 atom stereocenters. The zero-order valence-electron chi connectivity index (χ0n) is 10.4. The van der Waals surface area contributed by atoms with Crippen LogP contribution in [0.5, 0.6) is 0 Å². The summed E-state index contributed by atoms with van der Waals surface area (Å²) in [5, 5.41) is 4.67. The third-order valence-corrected chi connectivity index (χ3v) is 4.46. The molecule has 16 heavy (non-hydrogen) atoms. The SMILES string of the molecule is CC(C)c1c(C2C3CCCC32)nn(C)c1N. The van der Waals surface area contributed by atoms with Crippen LogP contribution in [0.15, 0.2) is 0 Å². The van der Waals surface area contributed by atoms with Crippen molar-refractivity contribution in [2.45, 2.75) is 44.9 Å². The van der Waals surface area contributed by atoms with Crippen LogP contribution in [0.4, 0.5) is 5.82 Å². The van der Waals surface area contributed by atoms with Gasteiger partial charge in [0.25, 0.3) is 0 Å². The molecule has 2 unspecified atom stereocenters. The number of nitrogens with two attached hydrogens (primary N) is 1. The van der Waals surface area contributed by atoms with Crippen LogP contribution in [0.25, 0.3) is 0 Å². The van der Waals surface area contributed by atoms with Gasteiger partial charge in [0.15, 0.2) is 0 Å². The van der Waals surface area contributed by atoms with Gasteiger partial charge in [-0.2, -0.15) is 5.10 Å². The fourth-order valence-electron chi connectivity index (χ4n) is 3.64. The maximum absolute atomic E-state index is 6.12. The van der Waals surface area contributed by atoms with E-state index < -0.39 is 0 Å². The van der Waals surface area contributed by atoms with Gasteiger partial charge in [-0.3, -0.25) is 4.68 Å². The lowest BCUT2D eigenvalue weighted by molar-refractivity contribution is 0.649. The Morgan fingerprint density at radius 2 is 1.94 bits per heavy atom. The highest BCUT2D eigenvalue weighted by Gasteiger charge is 2.55. The van der Waals surface area contributed by atoms with Crippen molar-refractivity contribution < 1.29 is 0 Å². The monoisotopic (exact) mass is 219 g/mol. The van der Waals surface area contributed by atoms with E-state index in [1.807, 2.05) is 11.7 Å². The second-order valence-corrected chi connectivity index (χ2v) is 5.75. The highest BCUT2D eigenvalue weighted by molar-refractivity contribution is 5.48. The van der Waals surface area contributed by atoms with Crippen molar-refractivity contribution in [3.05, 3.63) is 11.3 Å². The summed E-state index contributed by atoms with van der Waals surface area (Å²) in [6.07, 6.45) is 4.23. The quantitative estimate of drug-likeness (QED) is 0.831. The summed E-state index contributed by atoms with van der Waals surface area (Å²) in [6.45, 7) is 4.43. The molecule has 2 N–H and O–H groups in total. The molecule has 1 aromatic rings. The Hall–Kier alpha value is -0.990. The number of nitrogens with zero attached hydrogens (tertiary/aromatic N) is 2. The van der Waals surface area contributed by atoms with Crippen molar-refractivity contribution in [2.75, 3.05) is 5.73 Å². The molecule has 3 heteroatoms. The number of aromatic nitrogens is 2. The molecule has 0 amide bonds. The minimum absolute atomic E-state index is 0.491. The first-order chi connectivity index (χ1) is 7.61. The number of hydrogen-bond acceptors (Lipinski definition) is 2. The molecule has 0 spiro atoms. The lowest BCUT2D eigenvalue weighted by Gasteiger charge is -2.08. The number of rotatable bonds is 2. The van der Waals surface area contributed by atoms with Gasteiger partial charge in [0.2, 0.25) is 0 Å². The van der Waals surface area contributed by atoms with Gasteiger partial charge in [0, 0.05) is 18.5 Å². The highest BCUT2D eigenvalue weighted by Crippen LogP contribution is 2.63. The van der Waals surface area contributed by atoms with Crippen LogP contribution in [-0.2, 0) is 7.05 Å². The molecule has 0 bridgehead atoms. The second kappa shape index (κ2) is 3.25. The van der Waals surface area contributed by atoms with E-state index >= 15 is 0 Å². The van der Waals surface area contributed by atoms with E-state index in [0.29, 0.717) is 5.92 Å². The molecule has 2 aliphatic carbocycles. The van der Waals surface area contributed by atoms with E-state index in [0.717, 1.165) is 23.6 Å². The molecular formula is C13H21N3. The first kappa shape index (κ1) is 10.2. The average Bonchev–Trinajstić information content (AvgIpc) is 2.57. The summed E-state index contributed by atoms with van der Waals surface area (Å²) in [4.78, 5) is 0. The summed E-state index contributed by atoms with van der Waals surface area (Å²) < 4.78 is 1.86. The van der Waals surface area contributed by atoms with Crippen LogP contribution in [0.2, 0.25) is 0 Å². The van der Waals surface area contributed by atoms with E-state index in [-0.39, 0.29) is 0 Å². The van der Waals surface area contributed by atoms with Gasteiger partial charge in [0.1, 0.15) is 5.82 Å². The zero-order valence-corrected chi connectivity index (χ0v) is 10.4. The Morgan fingerprint density at radius 1 is 1.31 bits per heavy atom. The van der Waals surface area contributed by atoms with Crippen molar-refractivity contribution >= 4 is 5.82 Å². The minimum Gasteiger partial charge on any atom is -0.384 e. The molecule has 0 saturated heterocycles. The van der Waals surface area contributed by atoms with Gasteiger partial charge < -0.3 is 5.73 Å². The standard InChI is InChI=1S/C13H21N3/c1-7(2)10-12(15-16(3)13(10)14)11-8-5-4-6-9(8)11/h7-9,11H,4-6,14H2,1-3H3. The van der Waals surface area contributed by atoms with Crippen LogP contribution >= 0.6 is 0 Å². The Balaban J connectivity index is 1.98. The van der Waals surface area contributed by atoms with E-state index in [1.54, 1.807) is 0 Å². The summed E-state index contributed by atoms with van der Waals surface area (Å²) in [6, 6.07) is 0. The minimum atomic E-state index is 0.491. The smallest absolute Gasteiger partial charge is 0.125 e. The van der Waals surface area contributed by atoms with Crippen LogP contribution in [0, 0.1) is 11.8 Å². The van der Waals surface area contributed by atoms with Crippen molar-refractivity contribution in [3.63, 3.8) is 0 Å². The van der Waals surface area contributed by atoms with E-state index in [1.165, 1.54) is 30.5 Å². The molecule has 1 aromatic heterocycles. The van der Waals surface area contributed by atoms with Crippen LogP contribution in [0.3, 0.4) is 0 Å². The zero-order chi connectivity index (χ0) is 11.4. The lowest BCUT2D eigenvalue weighted by atomic mass is 9.97. The van der Waals surface area contributed by atoms with Crippen molar-refractivity contribution in [1.29, 1.82) is 0 Å². The van der Waals surface area contributed by atoms with Gasteiger partial charge in [-0.25, -0.2) is 0 Å². The molecule has 0 radical (unpaired) electrons. The number of hydrogen-bond donors (Lipinski definition) is 1. The lowest BCUT2D eigenvalue weighted by Crippen LogP contribution is -2.00. The second-order valence-electron chi connectivity index (χ2n) is 5.75. The predicted octanol–water partition coefficient (Wildman–Crippen LogP) is 2.64. The van der Waals surface area contributed by atoms with Gasteiger partial charge >= 0.3 is 0 Å². The fraction of sp³-hybridized carbons (Fsp3) is 0.769. The molecule has 0 aliphatic heterocycles. The number of anilines is 1. The average molecular weight is 219 g/mol. The highest BCUT2D eigenvalue weighted by atomic mass is 15.3. The largest absolute Gasteiger partial charge is 0.384 e. The molecule has 2 saturated carbocycles. The van der Waals surface area contributed by atoms with Crippen LogP contribution in [0.1, 0.15) is 56.2 Å². The van der Waals surface area contributed by atoms with Gasteiger partial charge in [-0.05, 0) is 30.6 Å². The van der Waals surface area contributed by atoms with Crippen LogP contribution in [-0.4, -0.2) is 9.78 Å². The topological polar surface area (TPSA) is 43.8 Å². The van der Waals surface area contributed by atoms with Crippen molar-refractivity contribution in [3.8, 4) is 0 Å². The number of aryl methyl sites for hydroxylation is 1. The van der Waals surface area contributed by atoms with Crippen LogP contribution < -0.4 is 5.73 Å². The molecule has 88 valence electrons. The normalized spacial score (nSPS) is 32.1. The van der Waals surface area contributed by atoms with Gasteiger partial charge in [0.05, 0.1) is 5.69 Å². The summed E-state index contributed by atoms with van der Waals surface area (Å²) in [7, 11) is 1.96. The molecule has 3 nitrogen and oxygen atoms in total. The van der Waals surface area contributed by atoms with Gasteiger partial charge in [-0.15, -0.1) is 0 Å². The number of fused-ring (bicyclic) bond motifs is 1. The third-order valence-electron chi connectivity index (χ3n) is 4.46. The fourth-order valence-corrected chi connectivity index (χ4v) is 3.64. The van der Waals surface area contributed by atoms with Crippen molar-refractivity contribution in [1.82, 2.24) is 9.78 Å². The first-order valence-corrected chi connectivity index (χ1v) is 6.43. The van der Waals surface area contributed by atoms with E-state index in [4.69, 9.17) is 5.73 Å². The summed E-state index contributed by atoms with van der Waals surface area (Å²) in [5.41, 5.74) is 8.74. The Morgan fingerprint density at radius 3 is 2.50 bits per heavy atom. The molecule has 3 rings (SSSR count). The molecule has 2 fully saturated rings. The summed E-state index contributed by atoms with van der Waals surface area (Å²) >= 11 is 0. The maximum Gasteiger partial charge on any atom is 0.125 e. The third kappa shape index (κ3) is 1.23. The van der Waals surface area contributed by atoms with Crippen molar-refractivity contribution in [2.24, 2.45) is 18.9 Å². The maximum atomic E-state index is 6.12. The first-order valence-electron chi connectivity index (χ1n) is 6.43. The molecule has 0 aromatic carbocycles. The molecule has 2 aliphatic rings. The van der Waals surface area contributed by atoms with E-state index in [9.17, 15) is 0 Å². The Labute approximate surface area is 97.0 Å². The molecule has 1 heterocycles. The number of nitrogen functional groups attached to an aromatic ring is 1.